The van der Waals surface area contributed by atoms with Gasteiger partial charge in [0.25, 0.3) is 11.5 Å². The van der Waals surface area contributed by atoms with Gasteiger partial charge in [0.2, 0.25) is 0 Å². The zero-order valence-corrected chi connectivity index (χ0v) is 14.1. The summed E-state index contributed by atoms with van der Waals surface area (Å²) in [5.41, 5.74) is 1.29. The van der Waals surface area contributed by atoms with Crippen molar-refractivity contribution < 1.29 is 9.90 Å². The molecule has 3 rings (SSSR count). The number of benzene rings is 1. The number of rotatable bonds is 4. The normalized spacial score (nSPS) is 12.3. The highest BCUT2D eigenvalue weighted by Gasteiger charge is 2.16. The van der Waals surface area contributed by atoms with Crippen LogP contribution in [0.3, 0.4) is 0 Å². The predicted molar refractivity (Wildman–Crippen MR) is 92.5 cm³/mol. The van der Waals surface area contributed by atoms with Crippen LogP contribution in [0.5, 0.6) is 0 Å². The standard InChI is InChI=1S/C17H17N3O3S/c1-10-4-3-5-12(6-10)14(21)8-18-15(22)13-7-19-17-20(16(13)23)9-11(2)24-17/h3-7,9,14,21H,8H2,1-2H3,(H,18,22). The Kier molecular flexibility index (Phi) is 4.46. The maximum Gasteiger partial charge on any atom is 0.271 e. The van der Waals surface area contributed by atoms with E-state index in [1.807, 2.05) is 32.0 Å². The fourth-order valence-corrected chi connectivity index (χ4v) is 3.22. The van der Waals surface area contributed by atoms with Crippen molar-refractivity contribution in [3.8, 4) is 0 Å². The first kappa shape index (κ1) is 16.4. The van der Waals surface area contributed by atoms with Crippen LogP contribution in [0, 0.1) is 13.8 Å². The Labute approximate surface area is 142 Å². The van der Waals surface area contributed by atoms with Crippen molar-refractivity contribution in [2.45, 2.75) is 20.0 Å². The molecule has 0 aliphatic carbocycles. The first-order chi connectivity index (χ1) is 11.5. The third-order valence-corrected chi connectivity index (χ3v) is 4.56. The molecule has 0 radical (unpaired) electrons. The molecule has 3 aromatic rings. The molecule has 0 fully saturated rings. The molecule has 1 atom stereocenters. The molecular weight excluding hydrogens is 326 g/mol. The van der Waals surface area contributed by atoms with Gasteiger partial charge in [-0.2, -0.15) is 0 Å². The summed E-state index contributed by atoms with van der Waals surface area (Å²) >= 11 is 1.38. The highest BCUT2D eigenvalue weighted by molar-refractivity contribution is 7.16. The van der Waals surface area contributed by atoms with Crippen molar-refractivity contribution in [2.75, 3.05) is 6.54 Å². The number of nitrogens with one attached hydrogen (secondary N) is 1. The fraction of sp³-hybridized carbons (Fsp3) is 0.235. The van der Waals surface area contributed by atoms with Crippen LogP contribution < -0.4 is 10.9 Å². The van der Waals surface area contributed by atoms with Crippen molar-refractivity contribution in [1.29, 1.82) is 0 Å². The Balaban J connectivity index is 1.75. The molecule has 0 aliphatic rings. The molecule has 2 aromatic heterocycles. The van der Waals surface area contributed by atoms with Gasteiger partial charge in [0, 0.05) is 23.8 Å². The zero-order valence-electron chi connectivity index (χ0n) is 13.3. The number of aliphatic hydroxyl groups is 1. The van der Waals surface area contributed by atoms with Gasteiger partial charge in [-0.25, -0.2) is 4.98 Å². The summed E-state index contributed by atoms with van der Waals surface area (Å²) in [4.78, 5) is 30.2. The van der Waals surface area contributed by atoms with Crippen LogP contribution in [0.15, 0.2) is 41.5 Å². The highest BCUT2D eigenvalue weighted by Crippen LogP contribution is 2.14. The van der Waals surface area contributed by atoms with Crippen molar-refractivity contribution in [2.24, 2.45) is 0 Å². The molecular formula is C17H17N3O3S. The topological polar surface area (TPSA) is 83.7 Å². The van der Waals surface area contributed by atoms with E-state index >= 15 is 0 Å². The van der Waals surface area contributed by atoms with E-state index in [4.69, 9.17) is 0 Å². The molecule has 0 spiro atoms. The van der Waals surface area contributed by atoms with E-state index in [1.165, 1.54) is 21.9 Å². The number of thiazole rings is 1. The summed E-state index contributed by atoms with van der Waals surface area (Å²) in [5.74, 6) is -0.544. The second-order valence-corrected chi connectivity index (χ2v) is 6.82. The number of hydrogen-bond acceptors (Lipinski definition) is 5. The molecule has 2 N–H and O–H groups in total. The van der Waals surface area contributed by atoms with E-state index in [0.29, 0.717) is 10.5 Å². The van der Waals surface area contributed by atoms with Crippen LogP contribution in [0.4, 0.5) is 0 Å². The number of hydrogen-bond donors (Lipinski definition) is 2. The molecule has 0 bridgehead atoms. The van der Waals surface area contributed by atoms with Gasteiger partial charge in [-0.15, -0.1) is 11.3 Å². The summed E-state index contributed by atoms with van der Waals surface area (Å²) in [6.07, 6.45) is 2.10. The minimum Gasteiger partial charge on any atom is -0.387 e. The minimum absolute atomic E-state index is 0.0209. The predicted octanol–water partition coefficient (Wildman–Crippen LogP) is 1.84. The van der Waals surface area contributed by atoms with Crippen LogP contribution in [0.2, 0.25) is 0 Å². The molecule has 0 saturated heterocycles. The van der Waals surface area contributed by atoms with E-state index in [9.17, 15) is 14.7 Å². The van der Waals surface area contributed by atoms with E-state index < -0.39 is 17.6 Å². The molecule has 1 unspecified atom stereocenters. The lowest BCUT2D eigenvalue weighted by Crippen LogP contribution is -2.33. The van der Waals surface area contributed by atoms with Crippen LogP contribution in [-0.2, 0) is 0 Å². The second kappa shape index (κ2) is 6.54. The maximum atomic E-state index is 12.3. The van der Waals surface area contributed by atoms with Crippen LogP contribution in [-0.4, -0.2) is 26.9 Å². The quantitative estimate of drug-likeness (QED) is 0.757. The highest BCUT2D eigenvalue weighted by atomic mass is 32.1. The van der Waals surface area contributed by atoms with Crippen molar-refractivity contribution in [3.05, 3.63) is 68.6 Å². The van der Waals surface area contributed by atoms with Gasteiger partial charge in [0.05, 0.1) is 6.10 Å². The van der Waals surface area contributed by atoms with Gasteiger partial charge in [-0.05, 0) is 19.4 Å². The Hall–Kier alpha value is -2.51. The Morgan fingerprint density at radius 2 is 2.21 bits per heavy atom. The number of carbonyl (C=O) groups excluding carboxylic acids is 1. The fourth-order valence-electron chi connectivity index (χ4n) is 2.43. The number of aryl methyl sites for hydroxylation is 2. The number of amides is 1. The average Bonchev–Trinajstić information content (AvgIpc) is 2.94. The molecule has 124 valence electrons. The average molecular weight is 343 g/mol. The maximum absolute atomic E-state index is 12.3. The molecule has 0 saturated carbocycles. The molecule has 24 heavy (non-hydrogen) atoms. The number of carbonyl (C=O) groups is 1. The summed E-state index contributed by atoms with van der Waals surface area (Å²) < 4.78 is 1.37. The molecule has 6 nitrogen and oxygen atoms in total. The van der Waals surface area contributed by atoms with Crippen molar-refractivity contribution in [3.63, 3.8) is 0 Å². The van der Waals surface area contributed by atoms with E-state index in [0.717, 1.165) is 10.4 Å². The van der Waals surface area contributed by atoms with Gasteiger partial charge in [-0.3, -0.25) is 14.0 Å². The number of nitrogens with zero attached hydrogens (tertiary/aromatic N) is 2. The molecule has 2 heterocycles. The number of aliphatic hydroxyl groups excluding tert-OH is 1. The van der Waals surface area contributed by atoms with Gasteiger partial charge in [0.15, 0.2) is 4.96 Å². The van der Waals surface area contributed by atoms with Crippen molar-refractivity contribution in [1.82, 2.24) is 14.7 Å². The summed E-state index contributed by atoms with van der Waals surface area (Å²) in [5, 5.41) is 12.8. The monoisotopic (exact) mass is 343 g/mol. The van der Waals surface area contributed by atoms with Gasteiger partial charge >= 0.3 is 0 Å². The Bertz CT molecular complexity index is 961. The van der Waals surface area contributed by atoms with Crippen LogP contribution in [0.25, 0.3) is 4.96 Å². The molecule has 1 aromatic carbocycles. The largest absolute Gasteiger partial charge is 0.387 e. The summed E-state index contributed by atoms with van der Waals surface area (Å²) in [7, 11) is 0. The Morgan fingerprint density at radius 3 is 2.96 bits per heavy atom. The molecule has 0 aliphatic heterocycles. The third kappa shape index (κ3) is 3.22. The lowest BCUT2D eigenvalue weighted by Gasteiger charge is -2.12. The Morgan fingerprint density at radius 1 is 1.42 bits per heavy atom. The minimum atomic E-state index is -0.836. The first-order valence-electron chi connectivity index (χ1n) is 7.46. The lowest BCUT2D eigenvalue weighted by atomic mass is 10.1. The zero-order chi connectivity index (χ0) is 17.3. The lowest BCUT2D eigenvalue weighted by molar-refractivity contribution is 0.0914. The number of aromatic nitrogens is 2. The number of fused-ring (bicyclic) bond motifs is 1. The third-order valence-electron chi connectivity index (χ3n) is 3.65. The smallest absolute Gasteiger partial charge is 0.271 e. The second-order valence-electron chi connectivity index (χ2n) is 5.61. The van der Waals surface area contributed by atoms with Crippen molar-refractivity contribution >= 4 is 22.2 Å². The van der Waals surface area contributed by atoms with E-state index in [2.05, 4.69) is 10.3 Å². The SMILES string of the molecule is Cc1cccc(C(O)CNC(=O)c2cnc3sc(C)cn3c2=O)c1. The van der Waals surface area contributed by atoms with Crippen LogP contribution in [0.1, 0.15) is 32.5 Å². The first-order valence-corrected chi connectivity index (χ1v) is 8.28. The van der Waals surface area contributed by atoms with Gasteiger partial charge in [-0.1, -0.05) is 29.8 Å². The van der Waals surface area contributed by atoms with Gasteiger partial charge in [0.1, 0.15) is 5.56 Å². The van der Waals surface area contributed by atoms with Gasteiger partial charge < -0.3 is 10.4 Å². The summed E-state index contributed by atoms with van der Waals surface area (Å²) in [6.45, 7) is 3.82. The van der Waals surface area contributed by atoms with Crippen LogP contribution >= 0.6 is 11.3 Å². The molecule has 7 heteroatoms. The van der Waals surface area contributed by atoms with E-state index in [1.54, 1.807) is 12.3 Å². The van der Waals surface area contributed by atoms with E-state index in [-0.39, 0.29) is 12.1 Å². The molecule has 1 amide bonds. The summed E-state index contributed by atoms with van der Waals surface area (Å²) in [6, 6.07) is 7.42.